The Kier molecular flexibility index (Phi) is 3.73. The van der Waals surface area contributed by atoms with E-state index in [0.717, 1.165) is 5.56 Å². The van der Waals surface area contributed by atoms with Gasteiger partial charge in [-0.2, -0.15) is 0 Å². The molecular weight excluding hydrogens is 257 g/mol. The summed E-state index contributed by atoms with van der Waals surface area (Å²) < 4.78 is 14.3. The lowest BCUT2D eigenvalue weighted by Gasteiger charge is -2.46. The van der Waals surface area contributed by atoms with Crippen molar-refractivity contribution in [2.45, 2.75) is 32.4 Å². The van der Waals surface area contributed by atoms with E-state index in [0.29, 0.717) is 18.8 Å². The summed E-state index contributed by atoms with van der Waals surface area (Å²) in [5.74, 6) is -0.329. The van der Waals surface area contributed by atoms with Crippen LogP contribution in [0.2, 0.25) is 0 Å². The van der Waals surface area contributed by atoms with Gasteiger partial charge < -0.3 is 15.5 Å². The van der Waals surface area contributed by atoms with Crippen LogP contribution in [0.1, 0.15) is 32.4 Å². The van der Waals surface area contributed by atoms with Crippen molar-refractivity contribution in [2.75, 3.05) is 25.0 Å². The number of piperazine rings is 1. The number of halogens is 1. The highest BCUT2D eigenvalue weighted by Gasteiger charge is 2.41. The highest BCUT2D eigenvalue weighted by Crippen LogP contribution is 2.31. The largest absolute Gasteiger partial charge is 0.353 e. The summed E-state index contributed by atoms with van der Waals surface area (Å²) in [6.07, 6.45) is 0. The molecule has 20 heavy (non-hydrogen) atoms. The molecule has 1 aliphatic heterocycles. The molecule has 110 valence electrons. The number of anilines is 1. The molecule has 1 aromatic carbocycles. The van der Waals surface area contributed by atoms with Crippen LogP contribution < -0.4 is 10.6 Å². The summed E-state index contributed by atoms with van der Waals surface area (Å²) >= 11 is 0. The number of nitrogens with two attached hydrogens (primary N) is 1. The van der Waals surface area contributed by atoms with Crippen LogP contribution >= 0.6 is 0 Å². The first kappa shape index (κ1) is 14.8. The Bertz CT molecular complexity index is 528. The van der Waals surface area contributed by atoms with Crippen LogP contribution in [-0.2, 0) is 4.79 Å². The summed E-state index contributed by atoms with van der Waals surface area (Å²) in [7, 11) is 1.77. The SMILES string of the molecule is C[C@@H](N)c1ccc(N2CCN(C)C(=O)C2(C)C)c(F)c1. The van der Waals surface area contributed by atoms with Gasteiger partial charge in [-0.05, 0) is 38.5 Å². The fourth-order valence-corrected chi connectivity index (χ4v) is 2.66. The van der Waals surface area contributed by atoms with Crippen molar-refractivity contribution in [1.29, 1.82) is 0 Å². The molecule has 2 rings (SSSR count). The van der Waals surface area contributed by atoms with E-state index in [1.165, 1.54) is 6.07 Å². The van der Waals surface area contributed by atoms with Gasteiger partial charge in [-0.1, -0.05) is 6.07 Å². The Morgan fingerprint density at radius 2 is 2.00 bits per heavy atom. The molecular formula is C15H22FN3O. The highest BCUT2D eigenvalue weighted by molar-refractivity contribution is 5.90. The molecule has 0 unspecified atom stereocenters. The molecule has 1 amide bonds. The molecule has 0 aliphatic carbocycles. The van der Waals surface area contributed by atoms with Crippen molar-refractivity contribution in [3.05, 3.63) is 29.6 Å². The predicted molar refractivity (Wildman–Crippen MR) is 78.1 cm³/mol. The molecule has 0 radical (unpaired) electrons. The second-order valence-electron chi connectivity index (χ2n) is 5.94. The molecule has 0 spiro atoms. The molecule has 1 aliphatic rings. The molecule has 1 aromatic rings. The molecule has 1 fully saturated rings. The first-order valence-corrected chi connectivity index (χ1v) is 6.83. The topological polar surface area (TPSA) is 49.6 Å². The molecule has 0 saturated carbocycles. The minimum atomic E-state index is -0.746. The van der Waals surface area contributed by atoms with E-state index in [1.54, 1.807) is 18.0 Å². The molecule has 4 nitrogen and oxygen atoms in total. The van der Waals surface area contributed by atoms with E-state index < -0.39 is 5.54 Å². The van der Waals surface area contributed by atoms with Crippen molar-refractivity contribution in [3.8, 4) is 0 Å². The van der Waals surface area contributed by atoms with Gasteiger partial charge in [0.2, 0.25) is 5.91 Å². The van der Waals surface area contributed by atoms with Gasteiger partial charge in [0.25, 0.3) is 0 Å². The maximum Gasteiger partial charge on any atom is 0.247 e. The smallest absolute Gasteiger partial charge is 0.247 e. The van der Waals surface area contributed by atoms with Crippen molar-refractivity contribution < 1.29 is 9.18 Å². The minimum Gasteiger partial charge on any atom is -0.353 e. The van der Waals surface area contributed by atoms with Crippen LogP contribution in [0.4, 0.5) is 10.1 Å². The van der Waals surface area contributed by atoms with Gasteiger partial charge in [0, 0.05) is 26.2 Å². The van der Waals surface area contributed by atoms with Gasteiger partial charge in [0.05, 0.1) is 5.69 Å². The third-order valence-corrected chi connectivity index (χ3v) is 3.99. The first-order valence-electron chi connectivity index (χ1n) is 6.83. The zero-order valence-corrected chi connectivity index (χ0v) is 12.5. The Balaban J connectivity index is 2.39. The van der Waals surface area contributed by atoms with Crippen molar-refractivity contribution >= 4 is 11.6 Å². The Labute approximate surface area is 119 Å². The average Bonchev–Trinajstić information content (AvgIpc) is 2.37. The van der Waals surface area contributed by atoms with Gasteiger partial charge in [-0.15, -0.1) is 0 Å². The maximum atomic E-state index is 14.3. The molecule has 0 aromatic heterocycles. The quantitative estimate of drug-likeness (QED) is 0.899. The molecule has 0 bridgehead atoms. The second-order valence-corrected chi connectivity index (χ2v) is 5.94. The van der Waals surface area contributed by atoms with E-state index in [4.69, 9.17) is 5.73 Å². The third kappa shape index (κ3) is 2.38. The lowest BCUT2D eigenvalue weighted by molar-refractivity contribution is -0.136. The van der Waals surface area contributed by atoms with E-state index >= 15 is 0 Å². The Morgan fingerprint density at radius 1 is 1.35 bits per heavy atom. The van der Waals surface area contributed by atoms with Crippen LogP contribution in [0.15, 0.2) is 18.2 Å². The number of rotatable bonds is 2. The second kappa shape index (κ2) is 5.05. The predicted octanol–water partition coefficient (Wildman–Crippen LogP) is 1.90. The van der Waals surface area contributed by atoms with Gasteiger partial charge in [0.1, 0.15) is 11.4 Å². The van der Waals surface area contributed by atoms with Crippen LogP contribution in [0.5, 0.6) is 0 Å². The van der Waals surface area contributed by atoms with E-state index in [2.05, 4.69) is 0 Å². The number of carbonyl (C=O) groups excluding carboxylic acids is 1. The number of hydrogen-bond acceptors (Lipinski definition) is 3. The zero-order valence-electron chi connectivity index (χ0n) is 12.5. The lowest BCUT2D eigenvalue weighted by atomic mass is 9.96. The van der Waals surface area contributed by atoms with Crippen LogP contribution in [0.25, 0.3) is 0 Å². The molecule has 5 heteroatoms. The Morgan fingerprint density at radius 3 is 2.55 bits per heavy atom. The van der Waals surface area contributed by atoms with Gasteiger partial charge >= 0.3 is 0 Å². The van der Waals surface area contributed by atoms with Gasteiger partial charge in [-0.3, -0.25) is 4.79 Å². The normalized spacial score (nSPS) is 20.2. The number of carbonyl (C=O) groups is 1. The van der Waals surface area contributed by atoms with E-state index in [1.807, 2.05) is 31.7 Å². The fourth-order valence-electron chi connectivity index (χ4n) is 2.66. The monoisotopic (exact) mass is 279 g/mol. The lowest BCUT2D eigenvalue weighted by Crippen LogP contribution is -2.62. The maximum absolute atomic E-state index is 14.3. The summed E-state index contributed by atoms with van der Waals surface area (Å²) in [4.78, 5) is 15.8. The summed E-state index contributed by atoms with van der Waals surface area (Å²) in [6, 6.07) is 4.79. The molecule has 2 N–H and O–H groups in total. The zero-order chi connectivity index (χ0) is 15.1. The minimum absolute atomic E-state index is 0.000538. The number of hydrogen-bond donors (Lipinski definition) is 1. The van der Waals surface area contributed by atoms with Gasteiger partial charge in [0.15, 0.2) is 0 Å². The standard InChI is InChI=1S/C15H22FN3O/c1-10(17)11-5-6-13(12(16)9-11)19-8-7-18(4)14(20)15(19,2)3/h5-6,9-10H,7-8,17H2,1-4H3/t10-/m1/s1. The van der Waals surface area contributed by atoms with Crippen LogP contribution in [-0.4, -0.2) is 36.5 Å². The molecule has 1 saturated heterocycles. The van der Waals surface area contributed by atoms with E-state index in [-0.39, 0.29) is 17.8 Å². The number of benzene rings is 1. The summed E-state index contributed by atoms with van der Waals surface area (Å²) in [5.41, 5.74) is 6.23. The number of nitrogens with zero attached hydrogens (tertiary/aromatic N) is 2. The summed E-state index contributed by atoms with van der Waals surface area (Å²) in [6.45, 7) is 6.67. The van der Waals surface area contributed by atoms with Crippen LogP contribution in [0.3, 0.4) is 0 Å². The van der Waals surface area contributed by atoms with E-state index in [9.17, 15) is 9.18 Å². The van der Waals surface area contributed by atoms with Crippen molar-refractivity contribution in [2.24, 2.45) is 5.73 Å². The molecule has 1 heterocycles. The summed E-state index contributed by atoms with van der Waals surface area (Å²) in [5, 5.41) is 0. The molecule has 1 atom stereocenters. The Hall–Kier alpha value is -1.62. The highest BCUT2D eigenvalue weighted by atomic mass is 19.1. The number of amides is 1. The van der Waals surface area contributed by atoms with Gasteiger partial charge in [-0.25, -0.2) is 4.39 Å². The third-order valence-electron chi connectivity index (χ3n) is 3.99. The fraction of sp³-hybridized carbons (Fsp3) is 0.533. The van der Waals surface area contributed by atoms with Crippen LogP contribution in [0, 0.1) is 5.82 Å². The number of likely N-dealkylation sites (N-methyl/N-ethyl adjacent to an activating group) is 1. The van der Waals surface area contributed by atoms with Crippen molar-refractivity contribution in [3.63, 3.8) is 0 Å². The van der Waals surface area contributed by atoms with Crippen molar-refractivity contribution in [1.82, 2.24) is 4.90 Å². The average molecular weight is 279 g/mol. The first-order chi connectivity index (χ1) is 9.25.